The van der Waals surface area contributed by atoms with Gasteiger partial charge in [0.25, 0.3) is 0 Å². The first-order valence-corrected chi connectivity index (χ1v) is 8.33. The first kappa shape index (κ1) is 17.7. The van der Waals surface area contributed by atoms with Crippen molar-refractivity contribution in [3.05, 3.63) is 0 Å². The summed E-state index contributed by atoms with van der Waals surface area (Å²) >= 11 is 0. The molecule has 1 aliphatic heterocycles. The molecule has 0 aromatic carbocycles. The summed E-state index contributed by atoms with van der Waals surface area (Å²) in [7, 11) is 0. The predicted molar refractivity (Wildman–Crippen MR) is 82.7 cm³/mol. The van der Waals surface area contributed by atoms with E-state index in [0.29, 0.717) is 6.54 Å². The molecule has 2 rings (SSSR count). The topological polar surface area (TPSA) is 95.9 Å². The third-order valence-electron chi connectivity index (χ3n) is 4.48. The van der Waals surface area contributed by atoms with E-state index >= 15 is 0 Å². The van der Waals surface area contributed by atoms with Gasteiger partial charge in [-0.05, 0) is 26.7 Å². The van der Waals surface area contributed by atoms with Crippen molar-refractivity contribution in [2.75, 3.05) is 13.1 Å². The van der Waals surface area contributed by atoms with Gasteiger partial charge >= 0.3 is 5.97 Å². The molecule has 2 unspecified atom stereocenters. The van der Waals surface area contributed by atoms with E-state index in [1.165, 1.54) is 4.90 Å². The van der Waals surface area contributed by atoms with Crippen LogP contribution in [-0.2, 0) is 19.1 Å². The monoisotopic (exact) mass is 326 g/mol. The quantitative estimate of drug-likeness (QED) is 0.778. The molecule has 1 heterocycles. The lowest BCUT2D eigenvalue weighted by atomic mass is 10.1. The van der Waals surface area contributed by atoms with E-state index in [1.807, 2.05) is 6.92 Å². The maximum atomic E-state index is 12.4. The molecule has 23 heavy (non-hydrogen) atoms. The number of carboxylic acid groups (broad SMARTS) is 1. The van der Waals surface area contributed by atoms with Crippen molar-refractivity contribution in [1.29, 1.82) is 0 Å². The fourth-order valence-corrected chi connectivity index (χ4v) is 3.28. The second-order valence-corrected chi connectivity index (χ2v) is 6.67. The van der Waals surface area contributed by atoms with E-state index in [1.54, 1.807) is 6.92 Å². The summed E-state index contributed by atoms with van der Waals surface area (Å²) in [6.45, 7) is 4.00. The number of nitrogens with one attached hydrogen (secondary N) is 1. The van der Waals surface area contributed by atoms with Crippen molar-refractivity contribution in [2.45, 2.75) is 64.2 Å². The molecule has 0 radical (unpaired) electrons. The molecule has 2 fully saturated rings. The van der Waals surface area contributed by atoms with Crippen LogP contribution >= 0.6 is 0 Å². The zero-order valence-corrected chi connectivity index (χ0v) is 13.8. The molecule has 2 aliphatic rings. The molecule has 7 heteroatoms. The summed E-state index contributed by atoms with van der Waals surface area (Å²) in [5, 5.41) is 12.0. The molecule has 0 aromatic heterocycles. The van der Waals surface area contributed by atoms with E-state index in [-0.39, 0.29) is 42.8 Å². The lowest BCUT2D eigenvalue weighted by molar-refractivity contribution is -0.166. The standard InChI is InChI=1S/C16H26N2O5/c1-10(17-15(20)12-5-3-4-6-12)7-14(19)18-8-11(2)23-13(9-18)16(21)22/h10-13H,3-9H2,1-2H3,(H,17,20)(H,21,22)/t10?,11-,13?/m1/s1. The number of amides is 2. The van der Waals surface area contributed by atoms with Crippen LogP contribution in [0.2, 0.25) is 0 Å². The van der Waals surface area contributed by atoms with E-state index < -0.39 is 12.1 Å². The molecule has 2 N–H and O–H groups in total. The fraction of sp³-hybridized carbons (Fsp3) is 0.812. The minimum Gasteiger partial charge on any atom is -0.479 e. The Morgan fingerprint density at radius 3 is 2.52 bits per heavy atom. The van der Waals surface area contributed by atoms with Crippen LogP contribution in [0.5, 0.6) is 0 Å². The Kier molecular flexibility index (Phi) is 5.98. The Bertz CT molecular complexity index is 461. The van der Waals surface area contributed by atoms with Gasteiger partial charge in [-0.1, -0.05) is 12.8 Å². The van der Waals surface area contributed by atoms with Gasteiger partial charge in [0.2, 0.25) is 11.8 Å². The Morgan fingerprint density at radius 1 is 1.26 bits per heavy atom. The predicted octanol–water partition coefficient (Wildman–Crippen LogP) is 0.772. The van der Waals surface area contributed by atoms with Crippen LogP contribution in [0.25, 0.3) is 0 Å². The molecular formula is C16H26N2O5. The second kappa shape index (κ2) is 7.77. The van der Waals surface area contributed by atoms with Crippen LogP contribution in [0.1, 0.15) is 46.0 Å². The van der Waals surface area contributed by atoms with E-state index in [0.717, 1.165) is 25.7 Å². The third kappa shape index (κ3) is 4.92. The first-order valence-electron chi connectivity index (χ1n) is 8.33. The van der Waals surface area contributed by atoms with Gasteiger partial charge in [-0.2, -0.15) is 0 Å². The summed E-state index contributed by atoms with van der Waals surface area (Å²) < 4.78 is 5.30. The van der Waals surface area contributed by atoms with E-state index in [2.05, 4.69) is 5.32 Å². The zero-order chi connectivity index (χ0) is 17.0. The van der Waals surface area contributed by atoms with Crippen LogP contribution in [0, 0.1) is 5.92 Å². The molecule has 1 aliphatic carbocycles. The van der Waals surface area contributed by atoms with Gasteiger partial charge in [0.05, 0.1) is 12.6 Å². The van der Waals surface area contributed by atoms with Gasteiger partial charge in [-0.15, -0.1) is 0 Å². The normalized spacial score (nSPS) is 26.8. The highest BCUT2D eigenvalue weighted by atomic mass is 16.5. The Labute approximate surface area is 136 Å². The molecule has 7 nitrogen and oxygen atoms in total. The van der Waals surface area contributed by atoms with Gasteiger partial charge in [-0.25, -0.2) is 4.79 Å². The first-order chi connectivity index (χ1) is 10.9. The van der Waals surface area contributed by atoms with Crippen LogP contribution in [-0.4, -0.2) is 59.1 Å². The van der Waals surface area contributed by atoms with Crippen LogP contribution in [0.3, 0.4) is 0 Å². The molecule has 0 bridgehead atoms. The lowest BCUT2D eigenvalue weighted by Crippen LogP contribution is -2.52. The van der Waals surface area contributed by atoms with E-state index in [4.69, 9.17) is 9.84 Å². The third-order valence-corrected chi connectivity index (χ3v) is 4.48. The molecule has 130 valence electrons. The minimum atomic E-state index is -1.06. The highest BCUT2D eigenvalue weighted by molar-refractivity contribution is 5.82. The Morgan fingerprint density at radius 2 is 1.91 bits per heavy atom. The molecule has 1 saturated heterocycles. The number of hydrogen-bond acceptors (Lipinski definition) is 4. The summed E-state index contributed by atoms with van der Waals surface area (Å²) in [6.07, 6.45) is 2.92. The number of morpholine rings is 1. The number of aliphatic carboxylic acids is 1. The van der Waals surface area contributed by atoms with Crippen molar-refractivity contribution in [3.63, 3.8) is 0 Å². The average Bonchev–Trinajstić information content (AvgIpc) is 3.00. The van der Waals surface area contributed by atoms with Crippen molar-refractivity contribution in [2.24, 2.45) is 5.92 Å². The summed E-state index contributed by atoms with van der Waals surface area (Å²) in [5.41, 5.74) is 0. The number of carbonyl (C=O) groups is 3. The fourth-order valence-electron chi connectivity index (χ4n) is 3.28. The number of carboxylic acids is 1. The van der Waals surface area contributed by atoms with Crippen molar-refractivity contribution < 1.29 is 24.2 Å². The second-order valence-electron chi connectivity index (χ2n) is 6.67. The molecular weight excluding hydrogens is 300 g/mol. The highest BCUT2D eigenvalue weighted by Crippen LogP contribution is 2.24. The van der Waals surface area contributed by atoms with Gasteiger partial charge in [-0.3, -0.25) is 9.59 Å². The lowest BCUT2D eigenvalue weighted by Gasteiger charge is -2.35. The maximum Gasteiger partial charge on any atom is 0.334 e. The zero-order valence-electron chi connectivity index (χ0n) is 13.8. The van der Waals surface area contributed by atoms with E-state index in [9.17, 15) is 14.4 Å². The molecule has 0 spiro atoms. The van der Waals surface area contributed by atoms with Crippen molar-refractivity contribution in [3.8, 4) is 0 Å². The number of ether oxygens (including phenoxy) is 1. The van der Waals surface area contributed by atoms with Crippen LogP contribution < -0.4 is 5.32 Å². The van der Waals surface area contributed by atoms with Gasteiger partial charge in [0.15, 0.2) is 6.10 Å². The summed E-state index contributed by atoms with van der Waals surface area (Å²) in [5.74, 6) is -1.10. The molecule has 0 aromatic rings. The molecule has 2 amide bonds. The molecule has 1 saturated carbocycles. The summed E-state index contributed by atoms with van der Waals surface area (Å²) in [4.78, 5) is 37.0. The van der Waals surface area contributed by atoms with Crippen molar-refractivity contribution >= 4 is 17.8 Å². The van der Waals surface area contributed by atoms with Gasteiger partial charge in [0.1, 0.15) is 0 Å². The van der Waals surface area contributed by atoms with Crippen molar-refractivity contribution in [1.82, 2.24) is 10.2 Å². The number of hydrogen-bond donors (Lipinski definition) is 2. The minimum absolute atomic E-state index is 0.0292. The number of nitrogens with zero attached hydrogens (tertiary/aromatic N) is 1. The SMILES string of the molecule is CC(CC(=O)N1CC(C(=O)O)O[C@H](C)C1)NC(=O)C1CCCC1. The number of carbonyl (C=O) groups excluding carboxylic acids is 2. The smallest absolute Gasteiger partial charge is 0.334 e. The van der Waals surface area contributed by atoms with Gasteiger partial charge < -0.3 is 20.1 Å². The Hall–Kier alpha value is -1.63. The maximum absolute atomic E-state index is 12.4. The van der Waals surface area contributed by atoms with Gasteiger partial charge in [0, 0.05) is 24.9 Å². The number of rotatable bonds is 5. The highest BCUT2D eigenvalue weighted by Gasteiger charge is 2.33. The molecule has 3 atom stereocenters. The Balaban J connectivity index is 1.82. The summed E-state index contributed by atoms with van der Waals surface area (Å²) in [6, 6.07) is -0.253. The average molecular weight is 326 g/mol. The largest absolute Gasteiger partial charge is 0.479 e. The van der Waals surface area contributed by atoms with Crippen LogP contribution in [0.15, 0.2) is 0 Å². The van der Waals surface area contributed by atoms with Crippen LogP contribution in [0.4, 0.5) is 0 Å².